The number of amides is 2. The van der Waals surface area contributed by atoms with Crippen molar-refractivity contribution in [1.29, 1.82) is 0 Å². The molecule has 4 rings (SSSR count). The highest BCUT2D eigenvalue weighted by molar-refractivity contribution is 5.89. The van der Waals surface area contributed by atoms with Crippen LogP contribution in [0.2, 0.25) is 0 Å². The maximum atomic E-state index is 12.4. The minimum absolute atomic E-state index is 0.0713. The lowest BCUT2D eigenvalue weighted by Gasteiger charge is -2.47. The summed E-state index contributed by atoms with van der Waals surface area (Å²) in [6.07, 6.45) is 5.00. The summed E-state index contributed by atoms with van der Waals surface area (Å²) < 4.78 is 0. The zero-order valence-corrected chi connectivity index (χ0v) is 11.8. The molecule has 2 heterocycles. The van der Waals surface area contributed by atoms with Crippen LogP contribution in [0.1, 0.15) is 32.1 Å². The van der Waals surface area contributed by atoms with E-state index < -0.39 is 5.60 Å². The van der Waals surface area contributed by atoms with Gasteiger partial charge in [0.2, 0.25) is 11.8 Å². The summed E-state index contributed by atoms with van der Waals surface area (Å²) in [6.45, 7) is 2.38. The molecule has 2 aliphatic carbocycles. The molecule has 0 aromatic heterocycles. The smallest absolute Gasteiger partial charge is 0.228 e. The Morgan fingerprint density at radius 2 is 1.95 bits per heavy atom. The Labute approximate surface area is 118 Å². The zero-order chi connectivity index (χ0) is 13.9. The van der Waals surface area contributed by atoms with E-state index in [9.17, 15) is 14.7 Å². The molecule has 0 radical (unpaired) electrons. The van der Waals surface area contributed by atoms with Gasteiger partial charge in [-0.15, -0.1) is 0 Å². The van der Waals surface area contributed by atoms with Crippen LogP contribution < -0.4 is 0 Å². The highest BCUT2D eigenvalue weighted by Crippen LogP contribution is 2.45. The first-order valence-electron chi connectivity index (χ1n) is 7.84. The molecular weight excluding hydrogens is 256 g/mol. The van der Waals surface area contributed by atoms with Crippen molar-refractivity contribution in [2.45, 2.75) is 37.7 Å². The molecule has 0 aromatic rings. The number of hydrogen-bond donors (Lipinski definition) is 1. The third-order valence-corrected chi connectivity index (χ3v) is 5.32. The fourth-order valence-corrected chi connectivity index (χ4v) is 3.63. The highest BCUT2D eigenvalue weighted by atomic mass is 16.3. The zero-order valence-electron chi connectivity index (χ0n) is 11.8. The summed E-state index contributed by atoms with van der Waals surface area (Å²) in [5.41, 5.74) is -0.619. The Hall–Kier alpha value is -1.10. The molecule has 110 valence electrons. The molecule has 4 fully saturated rings. The quantitative estimate of drug-likeness (QED) is 0.800. The first kappa shape index (κ1) is 12.6. The Morgan fingerprint density at radius 3 is 2.55 bits per heavy atom. The van der Waals surface area contributed by atoms with Gasteiger partial charge in [0.1, 0.15) is 5.60 Å². The van der Waals surface area contributed by atoms with E-state index in [0.717, 1.165) is 19.4 Å². The van der Waals surface area contributed by atoms with Gasteiger partial charge in [-0.05, 0) is 37.5 Å². The fraction of sp³-hybridized carbons (Fsp3) is 0.867. The van der Waals surface area contributed by atoms with E-state index in [1.54, 1.807) is 4.90 Å². The van der Waals surface area contributed by atoms with Crippen LogP contribution in [0.3, 0.4) is 0 Å². The summed E-state index contributed by atoms with van der Waals surface area (Å²) in [7, 11) is 0. The minimum atomic E-state index is -0.619. The van der Waals surface area contributed by atoms with Crippen LogP contribution in [0.25, 0.3) is 0 Å². The van der Waals surface area contributed by atoms with E-state index in [-0.39, 0.29) is 17.7 Å². The van der Waals surface area contributed by atoms with E-state index >= 15 is 0 Å². The predicted molar refractivity (Wildman–Crippen MR) is 71.7 cm³/mol. The molecule has 20 heavy (non-hydrogen) atoms. The first-order valence-corrected chi connectivity index (χ1v) is 7.84. The lowest BCUT2D eigenvalue weighted by Crippen LogP contribution is -2.65. The van der Waals surface area contributed by atoms with Gasteiger partial charge in [-0.3, -0.25) is 9.59 Å². The lowest BCUT2D eigenvalue weighted by atomic mass is 9.87. The number of hydrogen-bond acceptors (Lipinski definition) is 3. The number of carbonyl (C=O) groups excluding carboxylic acids is 2. The van der Waals surface area contributed by atoms with Gasteiger partial charge >= 0.3 is 0 Å². The Morgan fingerprint density at radius 1 is 1.25 bits per heavy atom. The first-order chi connectivity index (χ1) is 9.55. The van der Waals surface area contributed by atoms with E-state index in [0.29, 0.717) is 37.9 Å². The second kappa shape index (κ2) is 4.20. The SMILES string of the molecule is O=C1CC(C(=O)N2CC(O)(C3CC3)C2)CN1CC1CC1. The molecule has 5 nitrogen and oxygen atoms in total. The van der Waals surface area contributed by atoms with Gasteiger partial charge in [0.15, 0.2) is 0 Å². The average molecular weight is 278 g/mol. The van der Waals surface area contributed by atoms with Crippen molar-refractivity contribution in [2.75, 3.05) is 26.2 Å². The molecule has 1 N–H and O–H groups in total. The van der Waals surface area contributed by atoms with Crippen molar-refractivity contribution in [3.63, 3.8) is 0 Å². The van der Waals surface area contributed by atoms with Crippen LogP contribution in [-0.4, -0.2) is 58.5 Å². The van der Waals surface area contributed by atoms with E-state index in [2.05, 4.69) is 0 Å². The van der Waals surface area contributed by atoms with Gasteiger partial charge in [-0.1, -0.05) is 0 Å². The molecule has 5 heteroatoms. The predicted octanol–water partition coefficient (Wildman–Crippen LogP) is 0.228. The van der Waals surface area contributed by atoms with Crippen LogP contribution in [0.15, 0.2) is 0 Å². The van der Waals surface area contributed by atoms with Crippen LogP contribution in [0.4, 0.5) is 0 Å². The summed E-state index contributed by atoms with van der Waals surface area (Å²) in [5.74, 6) is 1.11. The van der Waals surface area contributed by atoms with Gasteiger partial charge < -0.3 is 14.9 Å². The Bertz CT molecular complexity index is 450. The van der Waals surface area contributed by atoms with Gasteiger partial charge in [0.25, 0.3) is 0 Å². The molecule has 0 aromatic carbocycles. The maximum absolute atomic E-state index is 12.4. The van der Waals surface area contributed by atoms with E-state index in [1.165, 1.54) is 12.8 Å². The summed E-state index contributed by atoms with van der Waals surface area (Å²) >= 11 is 0. The molecule has 2 saturated carbocycles. The number of β-amino-alcohol motifs (C(OH)–C–C–N with tert-alkyl or cyclic N) is 1. The molecule has 2 saturated heterocycles. The van der Waals surface area contributed by atoms with Crippen LogP contribution >= 0.6 is 0 Å². The fourth-order valence-electron chi connectivity index (χ4n) is 3.63. The Kier molecular flexibility index (Phi) is 2.65. The van der Waals surface area contributed by atoms with Gasteiger partial charge in [-0.2, -0.15) is 0 Å². The van der Waals surface area contributed by atoms with Crippen LogP contribution in [-0.2, 0) is 9.59 Å². The molecule has 4 aliphatic rings. The summed E-state index contributed by atoms with van der Waals surface area (Å²) in [6, 6.07) is 0. The highest BCUT2D eigenvalue weighted by Gasteiger charge is 2.54. The molecule has 2 aliphatic heterocycles. The largest absolute Gasteiger partial charge is 0.386 e. The van der Waals surface area contributed by atoms with Crippen molar-refractivity contribution in [1.82, 2.24) is 9.80 Å². The monoisotopic (exact) mass is 278 g/mol. The second-order valence-electron chi connectivity index (χ2n) is 7.22. The molecular formula is C15H22N2O3. The van der Waals surface area contributed by atoms with Gasteiger partial charge in [-0.25, -0.2) is 0 Å². The van der Waals surface area contributed by atoms with Crippen molar-refractivity contribution in [2.24, 2.45) is 17.8 Å². The number of nitrogens with zero attached hydrogens (tertiary/aromatic N) is 2. The molecule has 2 amide bonds. The van der Waals surface area contributed by atoms with Crippen molar-refractivity contribution in [3.05, 3.63) is 0 Å². The second-order valence-corrected chi connectivity index (χ2v) is 7.22. The topological polar surface area (TPSA) is 60.9 Å². The third-order valence-electron chi connectivity index (χ3n) is 5.32. The van der Waals surface area contributed by atoms with Crippen LogP contribution in [0.5, 0.6) is 0 Å². The average Bonchev–Trinajstić information content (AvgIpc) is 3.24. The summed E-state index contributed by atoms with van der Waals surface area (Å²) in [5, 5.41) is 10.3. The standard InChI is InChI=1S/C15H22N2O3/c18-13-5-11(7-16(13)6-10-1-2-10)14(19)17-8-15(20,9-17)12-3-4-12/h10-12,20H,1-9H2. The van der Waals surface area contributed by atoms with Crippen LogP contribution in [0, 0.1) is 17.8 Å². The lowest BCUT2D eigenvalue weighted by molar-refractivity contribution is -0.163. The molecule has 0 spiro atoms. The number of aliphatic hydroxyl groups is 1. The van der Waals surface area contributed by atoms with Crippen molar-refractivity contribution in [3.8, 4) is 0 Å². The van der Waals surface area contributed by atoms with Crippen molar-refractivity contribution < 1.29 is 14.7 Å². The van der Waals surface area contributed by atoms with Gasteiger partial charge in [0.05, 0.1) is 19.0 Å². The number of likely N-dealkylation sites (tertiary alicyclic amines) is 2. The normalized spacial score (nSPS) is 32.5. The molecule has 0 bridgehead atoms. The molecule has 1 atom stereocenters. The number of carbonyl (C=O) groups is 2. The van der Waals surface area contributed by atoms with Gasteiger partial charge in [0, 0.05) is 19.5 Å². The van der Waals surface area contributed by atoms with E-state index in [1.807, 2.05) is 4.90 Å². The number of rotatable bonds is 4. The Balaban J connectivity index is 1.32. The maximum Gasteiger partial charge on any atom is 0.228 e. The van der Waals surface area contributed by atoms with Crippen molar-refractivity contribution >= 4 is 11.8 Å². The van der Waals surface area contributed by atoms with E-state index in [4.69, 9.17) is 0 Å². The molecule has 1 unspecified atom stereocenters. The minimum Gasteiger partial charge on any atom is -0.386 e. The summed E-state index contributed by atoms with van der Waals surface area (Å²) in [4.78, 5) is 27.9. The third kappa shape index (κ3) is 2.12.